The number of aliphatic imine (C=N–C) groups is 1. The van der Waals surface area contributed by atoms with Crippen molar-refractivity contribution in [2.45, 2.75) is 6.54 Å². The lowest BCUT2D eigenvalue weighted by Gasteiger charge is -2.22. The van der Waals surface area contributed by atoms with Crippen LogP contribution in [0.4, 0.5) is 4.39 Å². The van der Waals surface area contributed by atoms with E-state index in [0.29, 0.717) is 30.2 Å². The number of nitriles is 1. The average Bonchev–Trinajstić information content (AvgIpc) is 2.69. The summed E-state index contributed by atoms with van der Waals surface area (Å²) < 4.78 is 24.8. The smallest absolute Gasteiger partial charge is 0.193 e. The van der Waals surface area contributed by atoms with Gasteiger partial charge in [-0.2, -0.15) is 5.26 Å². The van der Waals surface area contributed by atoms with Crippen LogP contribution in [-0.2, 0) is 6.54 Å². The first kappa shape index (κ1) is 20.0. The predicted molar refractivity (Wildman–Crippen MR) is 102 cm³/mol. The average molecular weight is 370 g/mol. The molecule has 2 rings (SSSR count). The fraction of sp³-hybridized carbons (Fsp3) is 0.300. The predicted octanol–water partition coefficient (Wildman–Crippen LogP) is 2.79. The lowest BCUT2D eigenvalue weighted by Crippen LogP contribution is -2.40. The highest BCUT2D eigenvalue weighted by atomic mass is 19.1. The monoisotopic (exact) mass is 370 g/mol. The van der Waals surface area contributed by atoms with Crippen molar-refractivity contribution in [1.82, 2.24) is 10.2 Å². The number of hydrogen-bond donors (Lipinski definition) is 1. The molecule has 0 heterocycles. The Hall–Kier alpha value is -3.27. The van der Waals surface area contributed by atoms with Crippen molar-refractivity contribution in [2.24, 2.45) is 4.99 Å². The molecule has 0 fully saturated rings. The van der Waals surface area contributed by atoms with Gasteiger partial charge in [0.2, 0.25) is 0 Å². The number of halogens is 1. The van der Waals surface area contributed by atoms with E-state index in [2.05, 4.69) is 10.3 Å². The van der Waals surface area contributed by atoms with Crippen molar-refractivity contribution < 1.29 is 13.9 Å². The first-order valence-electron chi connectivity index (χ1n) is 8.44. The summed E-state index contributed by atoms with van der Waals surface area (Å²) in [6, 6.07) is 13.7. The van der Waals surface area contributed by atoms with E-state index >= 15 is 0 Å². The van der Waals surface area contributed by atoms with Gasteiger partial charge >= 0.3 is 0 Å². The summed E-state index contributed by atoms with van der Waals surface area (Å²) in [6.45, 7) is 1.34. The van der Waals surface area contributed by atoms with Gasteiger partial charge in [0.1, 0.15) is 23.9 Å². The Balaban J connectivity index is 1.83. The van der Waals surface area contributed by atoms with Gasteiger partial charge in [-0.1, -0.05) is 6.07 Å². The zero-order valence-electron chi connectivity index (χ0n) is 15.7. The maximum atomic E-state index is 14.0. The molecule has 0 bridgehead atoms. The van der Waals surface area contributed by atoms with E-state index in [4.69, 9.17) is 14.7 Å². The number of nitrogens with one attached hydrogen (secondary N) is 1. The van der Waals surface area contributed by atoms with Crippen molar-refractivity contribution in [3.63, 3.8) is 0 Å². The van der Waals surface area contributed by atoms with Crippen LogP contribution in [0, 0.1) is 17.1 Å². The summed E-state index contributed by atoms with van der Waals surface area (Å²) in [5.74, 6) is 1.74. The highest BCUT2D eigenvalue weighted by Gasteiger charge is 2.08. The summed E-state index contributed by atoms with van der Waals surface area (Å²) in [4.78, 5) is 6.09. The molecule has 0 saturated heterocycles. The molecule has 0 aliphatic carbocycles. The minimum absolute atomic E-state index is 0.272. The van der Waals surface area contributed by atoms with Gasteiger partial charge in [-0.3, -0.25) is 4.99 Å². The molecule has 0 amide bonds. The molecule has 0 radical (unpaired) electrons. The molecule has 142 valence electrons. The van der Waals surface area contributed by atoms with Crippen LogP contribution in [-0.4, -0.2) is 45.2 Å². The number of rotatable bonds is 7. The zero-order valence-corrected chi connectivity index (χ0v) is 15.7. The number of guanidine groups is 1. The van der Waals surface area contributed by atoms with Gasteiger partial charge in [0, 0.05) is 26.2 Å². The Morgan fingerprint density at radius 3 is 2.52 bits per heavy atom. The highest BCUT2D eigenvalue weighted by molar-refractivity contribution is 5.79. The highest BCUT2D eigenvalue weighted by Crippen LogP contribution is 2.16. The number of ether oxygens (including phenoxy) is 2. The Morgan fingerprint density at radius 1 is 1.22 bits per heavy atom. The third-order valence-corrected chi connectivity index (χ3v) is 3.95. The standard InChI is InChI=1S/C20H23FN4O2/c1-23-20(24-14-16-5-4-15(13-22)12-19(16)21)25(2)10-11-27-18-8-6-17(26-3)7-9-18/h4-9,12H,10-11,14H2,1-3H3,(H,23,24). The molecule has 0 atom stereocenters. The van der Waals surface area contributed by atoms with E-state index in [1.54, 1.807) is 26.3 Å². The van der Waals surface area contributed by atoms with E-state index in [0.717, 1.165) is 11.5 Å². The van der Waals surface area contributed by atoms with Crippen LogP contribution in [0.5, 0.6) is 11.5 Å². The van der Waals surface area contributed by atoms with Crippen LogP contribution < -0.4 is 14.8 Å². The number of hydrogen-bond acceptors (Lipinski definition) is 4. The molecular weight excluding hydrogens is 347 g/mol. The summed E-state index contributed by atoms with van der Waals surface area (Å²) in [6.07, 6.45) is 0. The number of methoxy groups -OCH3 is 1. The molecule has 0 unspecified atom stereocenters. The maximum absolute atomic E-state index is 14.0. The fourth-order valence-corrected chi connectivity index (χ4v) is 2.40. The summed E-state index contributed by atoms with van der Waals surface area (Å²) in [5, 5.41) is 11.9. The largest absolute Gasteiger partial charge is 0.497 e. The number of benzene rings is 2. The van der Waals surface area contributed by atoms with Crippen LogP contribution >= 0.6 is 0 Å². The molecule has 6 nitrogen and oxygen atoms in total. The van der Waals surface area contributed by atoms with Crippen LogP contribution in [0.15, 0.2) is 47.5 Å². The quantitative estimate of drug-likeness (QED) is 0.599. The maximum Gasteiger partial charge on any atom is 0.193 e. The van der Waals surface area contributed by atoms with Gasteiger partial charge in [0.05, 0.1) is 25.3 Å². The van der Waals surface area contributed by atoms with Gasteiger partial charge in [0.25, 0.3) is 0 Å². The number of nitrogens with zero attached hydrogens (tertiary/aromatic N) is 3. The van der Waals surface area contributed by atoms with E-state index in [1.165, 1.54) is 6.07 Å². The third-order valence-electron chi connectivity index (χ3n) is 3.95. The van der Waals surface area contributed by atoms with E-state index in [9.17, 15) is 4.39 Å². The molecule has 0 aliphatic rings. The van der Waals surface area contributed by atoms with Crippen LogP contribution in [0.1, 0.15) is 11.1 Å². The lowest BCUT2D eigenvalue weighted by molar-refractivity contribution is 0.281. The van der Waals surface area contributed by atoms with Gasteiger partial charge in [-0.05, 0) is 36.4 Å². The van der Waals surface area contributed by atoms with Gasteiger partial charge in [0.15, 0.2) is 5.96 Å². The molecule has 0 aliphatic heterocycles. The SMILES string of the molecule is CN=C(NCc1ccc(C#N)cc1F)N(C)CCOc1ccc(OC)cc1. The van der Waals surface area contributed by atoms with Crippen LogP contribution in [0.2, 0.25) is 0 Å². The van der Waals surface area contributed by atoms with E-state index < -0.39 is 5.82 Å². The third kappa shape index (κ3) is 5.89. The lowest BCUT2D eigenvalue weighted by atomic mass is 10.1. The van der Waals surface area contributed by atoms with Gasteiger partial charge < -0.3 is 19.7 Å². The zero-order chi connectivity index (χ0) is 19.6. The fourth-order valence-electron chi connectivity index (χ4n) is 2.40. The molecule has 27 heavy (non-hydrogen) atoms. The van der Waals surface area contributed by atoms with Crippen molar-refractivity contribution in [3.05, 3.63) is 59.4 Å². The molecule has 7 heteroatoms. The first-order chi connectivity index (χ1) is 13.1. The second-order valence-corrected chi connectivity index (χ2v) is 5.76. The topological polar surface area (TPSA) is 69.9 Å². The summed E-state index contributed by atoms with van der Waals surface area (Å²) >= 11 is 0. The summed E-state index contributed by atoms with van der Waals surface area (Å²) in [5.41, 5.74) is 0.770. The van der Waals surface area contributed by atoms with Crippen molar-refractivity contribution in [1.29, 1.82) is 5.26 Å². The van der Waals surface area contributed by atoms with Gasteiger partial charge in [-0.15, -0.1) is 0 Å². The molecule has 0 aromatic heterocycles. The Labute approximate surface area is 158 Å². The van der Waals surface area contributed by atoms with E-state index in [-0.39, 0.29) is 6.54 Å². The minimum Gasteiger partial charge on any atom is -0.497 e. The van der Waals surface area contributed by atoms with Crippen LogP contribution in [0.25, 0.3) is 0 Å². The number of likely N-dealkylation sites (N-methyl/N-ethyl adjacent to an activating group) is 1. The Kier molecular flexibility index (Phi) is 7.44. The van der Waals surface area contributed by atoms with Crippen molar-refractivity contribution in [2.75, 3.05) is 34.4 Å². The molecule has 2 aromatic carbocycles. The van der Waals surface area contributed by atoms with E-state index in [1.807, 2.05) is 42.3 Å². The molecule has 0 spiro atoms. The Bertz CT molecular complexity index is 816. The van der Waals surface area contributed by atoms with Crippen molar-refractivity contribution in [3.8, 4) is 17.6 Å². The second-order valence-electron chi connectivity index (χ2n) is 5.76. The first-order valence-corrected chi connectivity index (χ1v) is 8.44. The molecule has 0 saturated carbocycles. The van der Waals surface area contributed by atoms with Crippen LogP contribution in [0.3, 0.4) is 0 Å². The molecule has 1 N–H and O–H groups in total. The normalized spacial score (nSPS) is 10.9. The van der Waals surface area contributed by atoms with Crippen molar-refractivity contribution >= 4 is 5.96 Å². The molecule has 2 aromatic rings. The molecular formula is C20H23FN4O2. The van der Waals surface area contributed by atoms with Gasteiger partial charge in [-0.25, -0.2) is 4.39 Å². The summed E-state index contributed by atoms with van der Waals surface area (Å²) in [7, 11) is 5.16. The Morgan fingerprint density at radius 2 is 1.93 bits per heavy atom. The second kappa shape index (κ2) is 10.0. The minimum atomic E-state index is -0.414.